The van der Waals surface area contributed by atoms with Gasteiger partial charge in [0.15, 0.2) is 0 Å². The summed E-state index contributed by atoms with van der Waals surface area (Å²) in [5.74, 6) is 0. The van der Waals surface area contributed by atoms with E-state index < -0.39 is 6.98 Å². The summed E-state index contributed by atoms with van der Waals surface area (Å²) in [7, 11) is 0. The molecule has 0 saturated heterocycles. The van der Waals surface area contributed by atoms with Crippen LogP contribution >= 0.6 is 0 Å². The summed E-state index contributed by atoms with van der Waals surface area (Å²) in [5.41, 5.74) is -0.239. The van der Waals surface area contributed by atoms with Gasteiger partial charge in [0.1, 0.15) is 0 Å². The molecule has 62 valence electrons. The van der Waals surface area contributed by atoms with Gasteiger partial charge < -0.3 is 12.9 Å². The van der Waals surface area contributed by atoms with Crippen LogP contribution in [0.3, 0.4) is 0 Å². The molecule has 0 aromatic rings. The zero-order chi connectivity index (χ0) is 8.11. The summed E-state index contributed by atoms with van der Waals surface area (Å²) in [6, 6.07) is 0. The quantitative estimate of drug-likeness (QED) is 0.518. The van der Waals surface area contributed by atoms with E-state index in [0.29, 0.717) is 6.42 Å². The molecule has 0 atom stereocenters. The third-order valence-corrected chi connectivity index (χ3v) is 2.82. The van der Waals surface area contributed by atoms with Gasteiger partial charge in [-0.25, -0.2) is 0 Å². The van der Waals surface area contributed by atoms with E-state index in [1.807, 2.05) is 0 Å². The first-order chi connectivity index (χ1) is 5.02. The van der Waals surface area contributed by atoms with E-state index >= 15 is 0 Å². The second kappa shape index (κ2) is 1.85. The lowest BCUT2D eigenvalue weighted by Gasteiger charge is -2.50. The van der Waals surface area contributed by atoms with E-state index in [4.69, 9.17) is 0 Å². The van der Waals surface area contributed by atoms with Crippen LogP contribution in [0.4, 0.5) is 12.9 Å². The maximum Gasteiger partial charge on any atom is 0.505 e. The van der Waals surface area contributed by atoms with Crippen LogP contribution in [0.25, 0.3) is 0 Å². The number of allylic oxidation sites excluding steroid dienone is 2. The first kappa shape index (κ1) is 7.26. The summed E-state index contributed by atoms with van der Waals surface area (Å²) in [6.07, 6.45) is 4.81. The van der Waals surface area contributed by atoms with E-state index in [1.165, 1.54) is 6.08 Å². The smallest absolute Gasteiger partial charge is 0.445 e. The lowest BCUT2D eigenvalue weighted by Crippen LogP contribution is -2.40. The lowest BCUT2D eigenvalue weighted by molar-refractivity contribution is 0.173. The van der Waals surface area contributed by atoms with Crippen LogP contribution in [-0.2, 0) is 0 Å². The van der Waals surface area contributed by atoms with Crippen molar-refractivity contribution in [2.75, 3.05) is 0 Å². The summed E-state index contributed by atoms with van der Waals surface area (Å²) < 4.78 is 36.0. The fourth-order valence-corrected chi connectivity index (χ4v) is 1.93. The first-order valence-corrected chi connectivity index (χ1v) is 3.93. The average molecular weight is 161 g/mol. The highest BCUT2D eigenvalue weighted by Gasteiger charge is 2.46. The van der Waals surface area contributed by atoms with E-state index in [2.05, 4.69) is 0 Å². The van der Waals surface area contributed by atoms with E-state index in [-0.39, 0.29) is 10.9 Å². The molecule has 0 aromatic carbocycles. The molecule has 1 fully saturated rings. The molecule has 0 heterocycles. The van der Waals surface area contributed by atoms with Gasteiger partial charge in [0, 0.05) is 0 Å². The van der Waals surface area contributed by atoms with Crippen molar-refractivity contribution in [2.45, 2.75) is 25.7 Å². The minimum atomic E-state index is -4.65. The molecule has 2 rings (SSSR count). The van der Waals surface area contributed by atoms with Crippen molar-refractivity contribution < 1.29 is 12.9 Å². The molecule has 0 radical (unpaired) electrons. The van der Waals surface area contributed by atoms with Crippen LogP contribution in [0.2, 0.25) is 0 Å². The van der Waals surface area contributed by atoms with Gasteiger partial charge in [0.05, 0.1) is 0 Å². The summed E-state index contributed by atoms with van der Waals surface area (Å²) in [5, 5.41) is 0. The third-order valence-electron chi connectivity index (χ3n) is 2.82. The van der Waals surface area contributed by atoms with Crippen molar-refractivity contribution in [1.29, 1.82) is 0 Å². The number of halogens is 3. The highest BCUT2D eigenvalue weighted by Crippen LogP contribution is 2.56. The maximum atomic E-state index is 12.0. The van der Waals surface area contributed by atoms with Crippen LogP contribution in [0.5, 0.6) is 0 Å². The minimum absolute atomic E-state index is 0.00655. The molecule has 11 heavy (non-hydrogen) atoms. The van der Waals surface area contributed by atoms with Gasteiger partial charge in [-0.15, -0.1) is 11.5 Å². The second-order valence-corrected chi connectivity index (χ2v) is 3.69. The molecule has 2 aliphatic rings. The Balaban J connectivity index is 2.07. The largest absolute Gasteiger partial charge is 0.505 e. The fourth-order valence-electron chi connectivity index (χ4n) is 1.93. The SMILES string of the molecule is F[B-](F)(F)C1=CC2(CCC2)C1. The van der Waals surface area contributed by atoms with Crippen LogP contribution in [0, 0.1) is 5.41 Å². The van der Waals surface area contributed by atoms with Crippen LogP contribution in [0.1, 0.15) is 25.7 Å². The minimum Gasteiger partial charge on any atom is -0.445 e. The molecular formula is C7H9BF3-. The Kier molecular flexibility index (Phi) is 1.22. The highest BCUT2D eigenvalue weighted by atomic mass is 19.4. The van der Waals surface area contributed by atoms with E-state index in [0.717, 1.165) is 19.3 Å². The highest BCUT2D eigenvalue weighted by molar-refractivity contribution is 6.67. The van der Waals surface area contributed by atoms with Crippen LogP contribution < -0.4 is 0 Å². The van der Waals surface area contributed by atoms with Crippen molar-refractivity contribution in [3.63, 3.8) is 0 Å². The predicted octanol–water partition coefficient (Wildman–Crippen LogP) is 2.87. The van der Waals surface area contributed by atoms with Gasteiger partial charge >= 0.3 is 6.98 Å². The molecular weight excluding hydrogens is 152 g/mol. The van der Waals surface area contributed by atoms with Gasteiger partial charge in [0.25, 0.3) is 0 Å². The van der Waals surface area contributed by atoms with E-state index in [9.17, 15) is 12.9 Å². The Morgan fingerprint density at radius 1 is 1.27 bits per heavy atom. The lowest BCUT2D eigenvalue weighted by atomic mass is 9.51. The molecule has 0 aromatic heterocycles. The Morgan fingerprint density at radius 3 is 2.09 bits per heavy atom. The predicted molar refractivity (Wildman–Crippen MR) is 38.1 cm³/mol. The molecule has 0 N–H and O–H groups in total. The molecule has 0 bridgehead atoms. The summed E-state index contributed by atoms with van der Waals surface area (Å²) in [6.45, 7) is -4.65. The monoisotopic (exact) mass is 161 g/mol. The van der Waals surface area contributed by atoms with Crippen molar-refractivity contribution in [3.05, 3.63) is 11.5 Å². The molecule has 1 saturated carbocycles. The van der Waals surface area contributed by atoms with Crippen molar-refractivity contribution in [1.82, 2.24) is 0 Å². The maximum absolute atomic E-state index is 12.0. The van der Waals surface area contributed by atoms with Crippen LogP contribution in [-0.4, -0.2) is 6.98 Å². The molecule has 2 aliphatic carbocycles. The first-order valence-electron chi connectivity index (χ1n) is 3.93. The van der Waals surface area contributed by atoms with Crippen LogP contribution in [0.15, 0.2) is 11.5 Å². The topological polar surface area (TPSA) is 0 Å². The Labute approximate surface area is 63.5 Å². The fraction of sp³-hybridized carbons (Fsp3) is 0.714. The summed E-state index contributed by atoms with van der Waals surface area (Å²) >= 11 is 0. The molecule has 0 aliphatic heterocycles. The van der Waals surface area contributed by atoms with Gasteiger partial charge in [-0.2, -0.15) is 0 Å². The summed E-state index contributed by atoms with van der Waals surface area (Å²) in [4.78, 5) is 0. The molecule has 1 spiro atoms. The molecule has 0 unspecified atom stereocenters. The zero-order valence-electron chi connectivity index (χ0n) is 6.12. The third kappa shape index (κ3) is 0.994. The van der Waals surface area contributed by atoms with Crippen molar-refractivity contribution in [2.24, 2.45) is 5.41 Å². The van der Waals surface area contributed by atoms with Gasteiger partial charge in [-0.1, -0.05) is 12.8 Å². The van der Waals surface area contributed by atoms with Gasteiger partial charge in [-0.05, 0) is 18.3 Å². The second-order valence-electron chi connectivity index (χ2n) is 3.69. The van der Waals surface area contributed by atoms with Crippen molar-refractivity contribution in [3.8, 4) is 0 Å². The normalized spacial score (nSPS) is 27.4. The Morgan fingerprint density at radius 2 is 1.82 bits per heavy atom. The molecule has 0 amide bonds. The Hall–Kier alpha value is -0.405. The molecule has 0 nitrogen and oxygen atoms in total. The van der Waals surface area contributed by atoms with E-state index in [1.54, 1.807) is 0 Å². The Bertz CT molecular complexity index is 212. The number of hydrogen-bond donors (Lipinski definition) is 0. The average Bonchev–Trinajstić information content (AvgIpc) is 1.49. The molecule has 4 heteroatoms. The van der Waals surface area contributed by atoms with Gasteiger partial charge in [0.2, 0.25) is 0 Å². The van der Waals surface area contributed by atoms with Crippen molar-refractivity contribution >= 4 is 6.98 Å². The zero-order valence-corrected chi connectivity index (χ0v) is 6.12. The number of rotatable bonds is 1. The standard InChI is InChI=1S/C7H9BF3/c9-8(10,11)6-4-7(5-6)2-1-3-7/h4H,1-3,5H2/q-1. The van der Waals surface area contributed by atoms with Gasteiger partial charge in [-0.3, -0.25) is 0 Å². The number of hydrogen-bond acceptors (Lipinski definition) is 0.